The van der Waals surface area contributed by atoms with E-state index in [2.05, 4.69) is 5.32 Å². The topological polar surface area (TPSA) is 41.6 Å². The maximum Gasteiger partial charge on any atom is 0.244 e. The standard InChI is InChI=1S/C12H15ClN2O2/c1-15-6-5-10(12(15)16)14-8-3-4-11(17-2)9(13)7-8/h3-4,7,10,14H,5-6H2,1-2H3. The fourth-order valence-corrected chi connectivity index (χ4v) is 2.17. The molecule has 0 aliphatic carbocycles. The number of likely N-dealkylation sites (tertiary alicyclic amines) is 1. The Hall–Kier alpha value is -1.42. The number of carbonyl (C=O) groups is 1. The van der Waals surface area contributed by atoms with E-state index in [9.17, 15) is 4.79 Å². The van der Waals surface area contributed by atoms with E-state index in [-0.39, 0.29) is 11.9 Å². The van der Waals surface area contributed by atoms with E-state index in [1.807, 2.05) is 13.1 Å². The van der Waals surface area contributed by atoms with Crippen molar-refractivity contribution in [2.24, 2.45) is 0 Å². The van der Waals surface area contributed by atoms with Crippen LogP contribution in [0.1, 0.15) is 6.42 Å². The number of nitrogens with zero attached hydrogens (tertiary/aromatic N) is 1. The van der Waals surface area contributed by atoms with Crippen LogP contribution in [0.2, 0.25) is 5.02 Å². The quantitative estimate of drug-likeness (QED) is 0.897. The summed E-state index contributed by atoms with van der Waals surface area (Å²) in [5, 5.41) is 3.72. The Labute approximate surface area is 106 Å². The van der Waals surface area contributed by atoms with Crippen molar-refractivity contribution in [3.8, 4) is 5.75 Å². The molecule has 5 heteroatoms. The smallest absolute Gasteiger partial charge is 0.244 e. The highest BCUT2D eigenvalue weighted by Gasteiger charge is 2.28. The molecule has 1 aromatic rings. The molecule has 1 fully saturated rings. The van der Waals surface area contributed by atoms with Gasteiger partial charge >= 0.3 is 0 Å². The number of likely N-dealkylation sites (N-methyl/N-ethyl adjacent to an activating group) is 1. The van der Waals surface area contributed by atoms with Crippen molar-refractivity contribution in [1.82, 2.24) is 4.90 Å². The number of hydrogen-bond acceptors (Lipinski definition) is 3. The van der Waals surface area contributed by atoms with E-state index in [1.54, 1.807) is 24.1 Å². The number of carbonyl (C=O) groups excluding carboxylic acids is 1. The van der Waals surface area contributed by atoms with Crippen LogP contribution in [-0.4, -0.2) is 37.6 Å². The molecular weight excluding hydrogens is 240 g/mol. The van der Waals surface area contributed by atoms with Crippen molar-refractivity contribution < 1.29 is 9.53 Å². The molecular formula is C12H15ClN2O2. The first-order valence-corrected chi connectivity index (χ1v) is 5.84. The molecule has 1 N–H and O–H groups in total. The Kier molecular flexibility index (Phi) is 3.43. The first-order chi connectivity index (χ1) is 8.11. The van der Waals surface area contributed by atoms with Crippen LogP contribution in [0, 0.1) is 0 Å². The summed E-state index contributed by atoms with van der Waals surface area (Å²) in [7, 11) is 3.38. The fourth-order valence-electron chi connectivity index (χ4n) is 1.91. The molecule has 4 nitrogen and oxygen atoms in total. The van der Waals surface area contributed by atoms with Gasteiger partial charge in [-0.2, -0.15) is 0 Å². The van der Waals surface area contributed by atoms with Gasteiger partial charge < -0.3 is 15.0 Å². The molecule has 0 radical (unpaired) electrons. The molecule has 1 unspecified atom stereocenters. The minimum atomic E-state index is -0.149. The number of halogens is 1. The highest BCUT2D eigenvalue weighted by atomic mass is 35.5. The summed E-state index contributed by atoms with van der Waals surface area (Å²) in [6.45, 7) is 0.792. The zero-order valence-corrected chi connectivity index (χ0v) is 10.6. The number of benzene rings is 1. The molecule has 1 aliphatic heterocycles. The number of ether oxygens (including phenoxy) is 1. The van der Waals surface area contributed by atoms with E-state index < -0.39 is 0 Å². The van der Waals surface area contributed by atoms with Crippen LogP contribution >= 0.6 is 11.6 Å². The molecule has 1 aliphatic rings. The maximum absolute atomic E-state index is 11.7. The third kappa shape index (κ3) is 2.47. The first kappa shape index (κ1) is 12.0. The maximum atomic E-state index is 11.7. The number of methoxy groups -OCH3 is 1. The zero-order chi connectivity index (χ0) is 12.4. The van der Waals surface area contributed by atoms with Crippen LogP contribution in [0.4, 0.5) is 5.69 Å². The van der Waals surface area contributed by atoms with Crippen molar-refractivity contribution >= 4 is 23.2 Å². The van der Waals surface area contributed by atoms with Crippen molar-refractivity contribution in [3.05, 3.63) is 23.2 Å². The Balaban J connectivity index is 2.09. The van der Waals surface area contributed by atoms with Gasteiger partial charge in [-0.25, -0.2) is 0 Å². The SMILES string of the molecule is COc1ccc(NC2CCN(C)C2=O)cc1Cl. The molecule has 0 spiro atoms. The fraction of sp³-hybridized carbons (Fsp3) is 0.417. The van der Waals surface area contributed by atoms with Gasteiger partial charge in [-0.15, -0.1) is 0 Å². The first-order valence-electron chi connectivity index (χ1n) is 5.47. The van der Waals surface area contributed by atoms with Gasteiger partial charge in [0.2, 0.25) is 5.91 Å². The number of amides is 1. The van der Waals surface area contributed by atoms with Crippen molar-refractivity contribution in [3.63, 3.8) is 0 Å². The van der Waals surface area contributed by atoms with Crippen LogP contribution in [0.3, 0.4) is 0 Å². The molecule has 17 heavy (non-hydrogen) atoms. The van der Waals surface area contributed by atoms with Gasteiger partial charge in [0, 0.05) is 19.3 Å². The Morgan fingerprint density at radius 1 is 1.53 bits per heavy atom. The molecule has 1 heterocycles. The van der Waals surface area contributed by atoms with Crippen molar-refractivity contribution in [2.45, 2.75) is 12.5 Å². The minimum Gasteiger partial charge on any atom is -0.495 e. The van der Waals surface area contributed by atoms with Crippen LogP contribution in [-0.2, 0) is 4.79 Å². The summed E-state index contributed by atoms with van der Waals surface area (Å²) >= 11 is 6.02. The lowest BCUT2D eigenvalue weighted by Crippen LogP contribution is -2.30. The van der Waals surface area contributed by atoms with E-state index in [1.165, 1.54) is 0 Å². The molecule has 0 bridgehead atoms. The Bertz CT molecular complexity index is 437. The number of anilines is 1. The average Bonchev–Trinajstić information content (AvgIpc) is 2.61. The van der Waals surface area contributed by atoms with E-state index >= 15 is 0 Å². The van der Waals surface area contributed by atoms with E-state index in [4.69, 9.17) is 16.3 Å². The minimum absolute atomic E-state index is 0.122. The molecule has 2 rings (SSSR count). The predicted molar refractivity (Wildman–Crippen MR) is 67.7 cm³/mol. The third-order valence-corrected chi connectivity index (χ3v) is 3.22. The normalized spacial score (nSPS) is 19.6. The van der Waals surface area contributed by atoms with Gasteiger partial charge in [-0.3, -0.25) is 4.79 Å². The lowest BCUT2D eigenvalue weighted by atomic mass is 10.2. The summed E-state index contributed by atoms with van der Waals surface area (Å²) < 4.78 is 5.07. The summed E-state index contributed by atoms with van der Waals surface area (Å²) in [6.07, 6.45) is 0.818. The molecule has 1 saturated heterocycles. The van der Waals surface area contributed by atoms with E-state index in [0.717, 1.165) is 18.7 Å². The van der Waals surface area contributed by atoms with E-state index in [0.29, 0.717) is 10.8 Å². The second-order valence-electron chi connectivity index (χ2n) is 4.09. The summed E-state index contributed by atoms with van der Waals surface area (Å²) in [4.78, 5) is 13.4. The lowest BCUT2D eigenvalue weighted by Gasteiger charge is -2.14. The number of rotatable bonds is 3. The highest BCUT2D eigenvalue weighted by molar-refractivity contribution is 6.32. The number of nitrogens with one attached hydrogen (secondary N) is 1. The average molecular weight is 255 g/mol. The van der Waals surface area contributed by atoms with Crippen molar-refractivity contribution in [2.75, 3.05) is 26.0 Å². The van der Waals surface area contributed by atoms with Crippen LogP contribution in [0.15, 0.2) is 18.2 Å². The van der Waals surface area contributed by atoms with Crippen molar-refractivity contribution in [1.29, 1.82) is 0 Å². The Morgan fingerprint density at radius 2 is 2.29 bits per heavy atom. The van der Waals surface area contributed by atoms with Gasteiger partial charge in [-0.05, 0) is 24.6 Å². The molecule has 1 atom stereocenters. The molecule has 0 saturated carbocycles. The van der Waals surface area contributed by atoms with Crippen LogP contribution in [0.25, 0.3) is 0 Å². The molecule has 0 aromatic heterocycles. The Morgan fingerprint density at radius 3 is 2.82 bits per heavy atom. The van der Waals surface area contributed by atoms with Gasteiger partial charge in [0.15, 0.2) is 0 Å². The predicted octanol–water partition coefficient (Wildman–Crippen LogP) is 1.99. The molecule has 92 valence electrons. The van der Waals surface area contributed by atoms with Crippen LogP contribution in [0.5, 0.6) is 5.75 Å². The summed E-state index contributed by atoms with van der Waals surface area (Å²) in [6, 6.07) is 5.26. The highest BCUT2D eigenvalue weighted by Crippen LogP contribution is 2.28. The van der Waals surface area contributed by atoms with Gasteiger partial charge in [-0.1, -0.05) is 11.6 Å². The van der Waals surface area contributed by atoms with Gasteiger partial charge in [0.1, 0.15) is 11.8 Å². The van der Waals surface area contributed by atoms with Crippen LogP contribution < -0.4 is 10.1 Å². The zero-order valence-electron chi connectivity index (χ0n) is 9.87. The van der Waals surface area contributed by atoms with Gasteiger partial charge in [0.25, 0.3) is 0 Å². The largest absolute Gasteiger partial charge is 0.495 e. The third-order valence-electron chi connectivity index (χ3n) is 2.92. The molecule has 1 amide bonds. The lowest BCUT2D eigenvalue weighted by molar-refractivity contribution is -0.127. The van der Waals surface area contributed by atoms with Gasteiger partial charge in [0.05, 0.1) is 12.1 Å². The second-order valence-corrected chi connectivity index (χ2v) is 4.50. The summed E-state index contributed by atoms with van der Waals surface area (Å²) in [5.41, 5.74) is 0.837. The monoisotopic (exact) mass is 254 g/mol. The number of hydrogen-bond donors (Lipinski definition) is 1. The summed E-state index contributed by atoms with van der Waals surface area (Å²) in [5.74, 6) is 0.754. The second kappa shape index (κ2) is 4.84. The molecule has 1 aromatic carbocycles.